The fraction of sp³-hybridized carbons (Fsp3) is 0.585. The molecule has 9 N–H and O–H groups in total. The summed E-state index contributed by atoms with van der Waals surface area (Å²) < 4.78 is 25.7. The Morgan fingerprint density at radius 3 is 2.37 bits per heavy atom. The van der Waals surface area contributed by atoms with E-state index in [1.165, 1.54) is 52.7 Å². The predicted molar refractivity (Wildman–Crippen MR) is 275 cm³/mol. The number of benzene rings is 2. The molecule has 25 heteroatoms. The number of hydrogen-bond acceptors (Lipinski definition) is 21. The molecule has 424 valence electrons. The molecule has 5 aliphatic rings. The van der Waals surface area contributed by atoms with Gasteiger partial charge in [0.1, 0.15) is 41.8 Å². The van der Waals surface area contributed by atoms with Crippen LogP contribution in [-0.2, 0) is 46.4 Å². The highest BCUT2D eigenvalue weighted by molar-refractivity contribution is 8.00. The van der Waals surface area contributed by atoms with E-state index in [1.807, 2.05) is 0 Å². The monoisotopic (exact) mass is 1110 g/mol. The van der Waals surface area contributed by atoms with Crippen molar-refractivity contribution in [2.24, 2.45) is 0 Å². The van der Waals surface area contributed by atoms with E-state index >= 15 is 0 Å². The number of phenolic OH excluding ortho intramolecular Hbond substituents is 2. The molecule has 3 unspecified atom stereocenters. The number of Topliss-reactive ketones (excluding diaryl/α,β-unsaturated/α-hetero) is 1. The van der Waals surface area contributed by atoms with Gasteiger partial charge in [0.15, 0.2) is 17.9 Å². The van der Waals surface area contributed by atoms with E-state index in [1.54, 1.807) is 13.8 Å². The summed E-state index contributed by atoms with van der Waals surface area (Å²) in [7, 11) is 1.30. The number of hydrogen-bond donors (Lipinski definition) is 9. The second-order valence-electron chi connectivity index (χ2n) is 20.4. The largest absolute Gasteiger partial charge is 0.507 e. The zero-order valence-corrected chi connectivity index (χ0v) is 44.3. The first-order chi connectivity index (χ1) is 37.2. The number of ether oxygens (including phenoxy) is 4. The quantitative estimate of drug-likeness (QED) is 0.0266. The third kappa shape index (κ3) is 11.7. The van der Waals surface area contributed by atoms with Gasteiger partial charge in [-0.05, 0) is 45.7 Å². The number of thioether (sulfide) groups is 1. The van der Waals surface area contributed by atoms with Gasteiger partial charge in [-0.2, -0.15) is 0 Å². The van der Waals surface area contributed by atoms with Crippen LogP contribution in [0.4, 0.5) is 0 Å². The highest BCUT2D eigenvalue weighted by Gasteiger charge is 2.50. The summed E-state index contributed by atoms with van der Waals surface area (Å²) >= 11 is 1.22. The summed E-state index contributed by atoms with van der Waals surface area (Å²) in [5, 5.41) is 81.2. The molecule has 3 aliphatic heterocycles. The number of aliphatic hydroxyl groups is 5. The normalized spacial score (nSPS) is 26.7. The Morgan fingerprint density at radius 2 is 1.65 bits per heavy atom. The highest BCUT2D eigenvalue weighted by atomic mass is 32.2. The van der Waals surface area contributed by atoms with Crippen molar-refractivity contribution in [2.45, 2.75) is 151 Å². The van der Waals surface area contributed by atoms with Gasteiger partial charge in [-0.25, -0.2) is 4.79 Å². The molecule has 0 spiro atoms. The number of likely N-dealkylation sites (tertiary alicyclic amines) is 1. The number of aromatic nitrogens is 2. The van der Waals surface area contributed by atoms with Crippen molar-refractivity contribution in [3.63, 3.8) is 0 Å². The first kappa shape index (κ1) is 58.3. The highest BCUT2D eigenvalue weighted by Crippen LogP contribution is 2.52. The van der Waals surface area contributed by atoms with Gasteiger partial charge in [0, 0.05) is 98.4 Å². The Balaban J connectivity index is 0.782. The Morgan fingerprint density at radius 1 is 0.910 bits per heavy atom. The molecule has 78 heavy (non-hydrogen) atoms. The van der Waals surface area contributed by atoms with Crippen LogP contribution in [0, 0.1) is 6.92 Å². The van der Waals surface area contributed by atoms with Gasteiger partial charge in [-0.1, -0.05) is 25.0 Å². The molecular formula is C53H67N5O19S. The number of fused-ring (bicyclic) bond motifs is 3. The number of nitrogens with one attached hydrogen (secondary N) is 2. The lowest BCUT2D eigenvalue weighted by Crippen LogP contribution is -2.55. The second kappa shape index (κ2) is 24.7. The zero-order valence-electron chi connectivity index (χ0n) is 43.5. The Kier molecular flexibility index (Phi) is 18.4. The van der Waals surface area contributed by atoms with Crippen LogP contribution in [0.3, 0.4) is 0 Å². The number of carbonyl (C=O) groups excluding carboxylic acids is 6. The molecule has 2 aromatic carbocycles. The molecule has 24 nitrogen and oxygen atoms in total. The summed E-state index contributed by atoms with van der Waals surface area (Å²) in [6.45, 7) is 2.55. The average molecular weight is 1110 g/mol. The number of carbonyl (C=O) groups is 6. The zero-order chi connectivity index (χ0) is 56.3. The van der Waals surface area contributed by atoms with E-state index in [-0.39, 0.29) is 91.0 Å². The van der Waals surface area contributed by atoms with Crippen LogP contribution in [0.15, 0.2) is 34.0 Å². The summed E-state index contributed by atoms with van der Waals surface area (Å²) in [4.78, 5) is 107. The lowest BCUT2D eigenvalue weighted by molar-refractivity contribution is -0.249. The molecule has 0 radical (unpaired) electrons. The maximum Gasteiger partial charge on any atom is 0.333 e. The molecule has 3 fully saturated rings. The molecule has 2 aliphatic carbocycles. The Hall–Kier alpha value is -5.87. The molecule has 4 heterocycles. The first-order valence-corrected chi connectivity index (χ1v) is 27.2. The number of amides is 3. The van der Waals surface area contributed by atoms with E-state index in [2.05, 4.69) is 10.6 Å². The van der Waals surface area contributed by atoms with Gasteiger partial charge in [0.05, 0.1) is 60.1 Å². The Labute approximate surface area is 451 Å². The van der Waals surface area contributed by atoms with Crippen molar-refractivity contribution in [3.8, 4) is 17.2 Å². The lowest BCUT2D eigenvalue weighted by Gasteiger charge is -2.43. The van der Waals surface area contributed by atoms with Crippen molar-refractivity contribution < 1.29 is 83.5 Å². The van der Waals surface area contributed by atoms with Gasteiger partial charge >= 0.3 is 5.69 Å². The van der Waals surface area contributed by atoms with Crippen LogP contribution in [-0.4, -0.2) is 178 Å². The smallest absolute Gasteiger partial charge is 0.333 e. The summed E-state index contributed by atoms with van der Waals surface area (Å²) in [5.41, 5.74) is -4.72. The van der Waals surface area contributed by atoms with Crippen LogP contribution in [0.1, 0.15) is 132 Å². The second-order valence-corrected chi connectivity index (χ2v) is 21.8. The van der Waals surface area contributed by atoms with Gasteiger partial charge < -0.3 is 65.3 Å². The number of ketones is 3. The molecule has 3 saturated heterocycles. The number of phenols is 2. The van der Waals surface area contributed by atoms with Gasteiger partial charge in [0.2, 0.25) is 23.5 Å². The molecule has 10 atom stereocenters. The van der Waals surface area contributed by atoms with Crippen LogP contribution in [0.5, 0.6) is 17.2 Å². The number of aryl methyl sites for hydroxylation is 1. The summed E-state index contributed by atoms with van der Waals surface area (Å²) in [6, 6.07) is 3.59. The summed E-state index contributed by atoms with van der Waals surface area (Å²) in [6.07, 6.45) is -3.93. The van der Waals surface area contributed by atoms with Crippen LogP contribution >= 0.6 is 11.8 Å². The Bertz CT molecular complexity index is 2950. The molecular weight excluding hydrogens is 1040 g/mol. The van der Waals surface area contributed by atoms with Gasteiger partial charge in [0.25, 0.3) is 5.56 Å². The molecule has 1 aromatic heterocycles. The van der Waals surface area contributed by atoms with Crippen LogP contribution in [0.25, 0.3) is 0 Å². The maximum absolute atomic E-state index is 14.0. The summed E-state index contributed by atoms with van der Waals surface area (Å²) in [5.74, 6) is -4.76. The SMILES string of the molecule is COc1cccc2c1C(=O)c1c(O)c3c(c(O)c1C2=O)C[C@@](O)(C(=O)CO)C[C@@H]3OC1C[C@@H](NCCCN2C(=O)CC(SCCC(=O)NCCCCCCn3c(=O)c(C)cn(C4C[C@H](O)[C@@H](CO)O4)c3=O)C2=O)[C@@H](O)[C@@H](C)O1. The number of methoxy groups -OCH3 is 1. The van der Waals surface area contributed by atoms with Crippen molar-refractivity contribution in [1.29, 1.82) is 0 Å². The van der Waals surface area contributed by atoms with E-state index in [0.29, 0.717) is 43.5 Å². The van der Waals surface area contributed by atoms with Crippen molar-refractivity contribution in [1.82, 2.24) is 24.7 Å². The minimum absolute atomic E-state index is 0.0245. The minimum Gasteiger partial charge on any atom is -0.507 e. The van der Waals surface area contributed by atoms with Crippen molar-refractivity contribution in [2.75, 3.05) is 45.7 Å². The van der Waals surface area contributed by atoms with E-state index in [0.717, 1.165) is 11.0 Å². The average Bonchev–Trinajstić information content (AvgIpc) is 3.99. The number of aromatic hydroxyl groups is 2. The predicted octanol–water partition coefficient (Wildman–Crippen LogP) is -0.0776. The number of rotatable bonds is 23. The standard InChI is InChI=1S/C53H67N5O19S/c1-26-23-58(39-19-31(61)34(24-59)76-39)52(72)57(50(26)70)15-7-5-4-6-13-55-37(63)12-17-78-35-20-38(64)56(51(35)71)16-9-14-54-30-18-40(75-27(2)45(30)65)77-33-22-53(73,36(62)25-60)21-29-42(33)49(69)44-43(47(29)67)46(66)28-10-8-11-32(74-3)41(28)48(44)68/h8,10-11,23,27,30-31,33-35,39-40,45,54,59-61,65,67,69,73H,4-7,9,12-22,24-25H2,1-3H3,(H,55,63)/t27-,30-,31+,33+,34-,35?,39?,40?,45+,53+/m1/s1. The van der Waals surface area contributed by atoms with Crippen molar-refractivity contribution in [3.05, 3.63) is 84.2 Å². The molecule has 3 aromatic rings. The number of imide groups is 1. The van der Waals surface area contributed by atoms with E-state index < -0.39 is 137 Å². The third-order valence-electron chi connectivity index (χ3n) is 15.3. The van der Waals surface area contributed by atoms with E-state index in [4.69, 9.17) is 18.9 Å². The number of nitrogens with zero attached hydrogens (tertiary/aromatic N) is 3. The van der Waals surface area contributed by atoms with E-state index in [9.17, 15) is 74.1 Å². The van der Waals surface area contributed by atoms with Gasteiger partial charge in [-0.3, -0.25) is 47.6 Å². The number of aliphatic hydroxyl groups excluding tert-OH is 4. The molecule has 3 amide bonds. The maximum atomic E-state index is 14.0. The first-order valence-electron chi connectivity index (χ1n) is 26.2. The molecule has 8 rings (SSSR count). The fourth-order valence-electron chi connectivity index (χ4n) is 11.0. The lowest BCUT2D eigenvalue weighted by atomic mass is 9.72. The molecule has 0 bridgehead atoms. The number of unbranched alkanes of at least 4 members (excludes halogenated alkanes) is 3. The molecule has 0 saturated carbocycles. The van der Waals surface area contributed by atoms with Gasteiger partial charge in [-0.15, -0.1) is 11.8 Å². The van der Waals surface area contributed by atoms with Crippen LogP contribution < -0.4 is 26.6 Å². The third-order valence-corrected chi connectivity index (χ3v) is 16.5. The fourth-order valence-corrected chi connectivity index (χ4v) is 12.1. The topological polar surface area (TPSA) is 352 Å². The van der Waals surface area contributed by atoms with Crippen molar-refractivity contribution >= 4 is 46.8 Å². The van der Waals surface area contributed by atoms with Crippen LogP contribution in [0.2, 0.25) is 0 Å². The minimum atomic E-state index is -2.36.